The molecule has 3 rings (SSSR count). The summed E-state index contributed by atoms with van der Waals surface area (Å²) in [6.07, 6.45) is 0. The lowest BCUT2D eigenvalue weighted by atomic mass is 10.1. The molecule has 0 amide bonds. The summed E-state index contributed by atoms with van der Waals surface area (Å²) in [5.74, 6) is 1.65. The van der Waals surface area contributed by atoms with Crippen LogP contribution in [0.1, 0.15) is 11.7 Å². The molecule has 0 aliphatic rings. The zero-order chi connectivity index (χ0) is 12.9. The average Bonchev–Trinajstić information content (AvgIpc) is 2.78. The van der Waals surface area contributed by atoms with Crippen molar-refractivity contribution in [2.24, 2.45) is 7.05 Å². The SMILES string of the molecule is Cc1nc2ccc(-c3c(Br)nc(C)n3C)cc2o1. The van der Waals surface area contributed by atoms with Crippen LogP contribution in [0, 0.1) is 13.8 Å². The normalized spacial score (nSPS) is 11.3. The number of oxazole rings is 1. The highest BCUT2D eigenvalue weighted by molar-refractivity contribution is 9.10. The highest BCUT2D eigenvalue weighted by atomic mass is 79.9. The van der Waals surface area contributed by atoms with Crippen molar-refractivity contribution in [1.29, 1.82) is 0 Å². The zero-order valence-corrected chi connectivity index (χ0v) is 11.9. The van der Waals surface area contributed by atoms with Gasteiger partial charge in [-0.1, -0.05) is 6.07 Å². The second kappa shape index (κ2) is 3.95. The Bertz CT molecular complexity index is 742. The molecule has 0 saturated heterocycles. The minimum Gasteiger partial charge on any atom is -0.441 e. The van der Waals surface area contributed by atoms with E-state index in [1.54, 1.807) is 0 Å². The fourth-order valence-corrected chi connectivity index (χ4v) is 2.82. The van der Waals surface area contributed by atoms with Crippen molar-refractivity contribution in [2.75, 3.05) is 0 Å². The van der Waals surface area contributed by atoms with Crippen molar-refractivity contribution in [3.8, 4) is 11.3 Å². The lowest BCUT2D eigenvalue weighted by Gasteiger charge is -2.04. The van der Waals surface area contributed by atoms with E-state index in [0.29, 0.717) is 5.89 Å². The van der Waals surface area contributed by atoms with Crippen LogP contribution in [-0.4, -0.2) is 14.5 Å². The summed E-state index contributed by atoms with van der Waals surface area (Å²) >= 11 is 3.50. The minimum absolute atomic E-state index is 0.683. The van der Waals surface area contributed by atoms with E-state index in [0.717, 1.165) is 32.8 Å². The Morgan fingerprint density at radius 2 is 2.00 bits per heavy atom. The summed E-state index contributed by atoms with van der Waals surface area (Å²) < 4.78 is 8.46. The molecule has 2 heterocycles. The summed E-state index contributed by atoms with van der Waals surface area (Å²) in [6.45, 7) is 3.83. The molecule has 0 bridgehead atoms. The third kappa shape index (κ3) is 1.66. The van der Waals surface area contributed by atoms with Gasteiger partial charge >= 0.3 is 0 Å². The Morgan fingerprint density at radius 3 is 2.67 bits per heavy atom. The molecule has 3 aromatic rings. The van der Waals surface area contributed by atoms with E-state index < -0.39 is 0 Å². The van der Waals surface area contributed by atoms with Gasteiger partial charge in [0.1, 0.15) is 15.9 Å². The maximum Gasteiger partial charge on any atom is 0.192 e. The molecule has 5 heteroatoms. The fraction of sp³-hybridized carbons (Fsp3) is 0.231. The van der Waals surface area contributed by atoms with Crippen LogP contribution in [0.15, 0.2) is 27.2 Å². The lowest BCUT2D eigenvalue weighted by molar-refractivity contribution is 0.561. The predicted molar refractivity (Wildman–Crippen MR) is 73.4 cm³/mol. The van der Waals surface area contributed by atoms with Gasteiger partial charge in [0, 0.05) is 19.5 Å². The van der Waals surface area contributed by atoms with Crippen molar-refractivity contribution in [2.45, 2.75) is 13.8 Å². The van der Waals surface area contributed by atoms with Gasteiger partial charge < -0.3 is 8.98 Å². The second-order valence-electron chi connectivity index (χ2n) is 4.27. The quantitative estimate of drug-likeness (QED) is 0.690. The lowest BCUT2D eigenvalue weighted by Crippen LogP contribution is -1.94. The third-order valence-electron chi connectivity index (χ3n) is 3.04. The largest absolute Gasteiger partial charge is 0.441 e. The van der Waals surface area contributed by atoms with Crippen molar-refractivity contribution in [1.82, 2.24) is 14.5 Å². The Hall–Kier alpha value is -1.62. The van der Waals surface area contributed by atoms with Gasteiger partial charge in [-0.25, -0.2) is 9.97 Å². The molecule has 0 aliphatic carbocycles. The van der Waals surface area contributed by atoms with E-state index in [-0.39, 0.29) is 0 Å². The van der Waals surface area contributed by atoms with Crippen molar-refractivity contribution in [3.05, 3.63) is 34.5 Å². The predicted octanol–water partition coefficient (Wildman–Crippen LogP) is 3.61. The molecule has 0 fully saturated rings. The topological polar surface area (TPSA) is 43.9 Å². The average molecular weight is 306 g/mol. The molecule has 2 aromatic heterocycles. The first kappa shape index (κ1) is 11.5. The molecule has 0 radical (unpaired) electrons. The van der Waals surface area contributed by atoms with Gasteiger partial charge in [0.2, 0.25) is 0 Å². The molecule has 0 atom stereocenters. The van der Waals surface area contributed by atoms with Gasteiger partial charge in [0.25, 0.3) is 0 Å². The molecule has 0 saturated carbocycles. The smallest absolute Gasteiger partial charge is 0.192 e. The second-order valence-corrected chi connectivity index (χ2v) is 5.02. The third-order valence-corrected chi connectivity index (χ3v) is 3.60. The van der Waals surface area contributed by atoms with E-state index in [1.807, 2.05) is 39.1 Å². The van der Waals surface area contributed by atoms with Crippen molar-refractivity contribution >= 4 is 27.0 Å². The van der Waals surface area contributed by atoms with Crippen LogP contribution in [0.2, 0.25) is 0 Å². The summed E-state index contributed by atoms with van der Waals surface area (Å²) in [5, 5.41) is 0. The van der Waals surface area contributed by atoms with Gasteiger partial charge in [0.05, 0.1) is 5.69 Å². The van der Waals surface area contributed by atoms with E-state index in [2.05, 4.69) is 30.5 Å². The first-order valence-corrected chi connectivity index (χ1v) is 6.42. The Kier molecular flexibility index (Phi) is 2.52. The van der Waals surface area contributed by atoms with Crippen LogP contribution in [-0.2, 0) is 7.05 Å². The molecule has 1 aromatic carbocycles. The highest BCUT2D eigenvalue weighted by Gasteiger charge is 2.13. The van der Waals surface area contributed by atoms with Crippen LogP contribution in [0.25, 0.3) is 22.4 Å². The zero-order valence-electron chi connectivity index (χ0n) is 10.4. The molecule has 4 nitrogen and oxygen atoms in total. The molecule has 18 heavy (non-hydrogen) atoms. The number of aryl methyl sites for hydroxylation is 2. The first-order chi connectivity index (χ1) is 8.56. The maximum absolute atomic E-state index is 5.56. The van der Waals surface area contributed by atoms with Crippen molar-refractivity contribution < 1.29 is 4.42 Å². The first-order valence-electron chi connectivity index (χ1n) is 5.62. The summed E-state index contributed by atoms with van der Waals surface area (Å²) in [6, 6.07) is 6.00. The summed E-state index contributed by atoms with van der Waals surface area (Å²) in [7, 11) is 2.00. The molecule has 0 N–H and O–H groups in total. The number of benzene rings is 1. The van der Waals surface area contributed by atoms with Crippen molar-refractivity contribution in [3.63, 3.8) is 0 Å². The standard InChI is InChI=1S/C13H12BrN3O/c1-7-15-13(14)12(17(7)3)9-4-5-10-11(6-9)18-8(2)16-10/h4-6H,1-3H3. The number of hydrogen-bond acceptors (Lipinski definition) is 3. The van der Waals surface area contributed by atoms with Crippen LogP contribution >= 0.6 is 15.9 Å². The molecule has 0 unspecified atom stereocenters. The number of rotatable bonds is 1. The van der Waals surface area contributed by atoms with Crippen LogP contribution in [0.4, 0.5) is 0 Å². The number of aromatic nitrogens is 3. The number of halogens is 1. The Labute approximate surface area is 113 Å². The number of hydrogen-bond donors (Lipinski definition) is 0. The van der Waals surface area contributed by atoms with E-state index in [4.69, 9.17) is 4.42 Å². The summed E-state index contributed by atoms with van der Waals surface area (Å²) in [5.41, 5.74) is 3.79. The van der Waals surface area contributed by atoms with Gasteiger partial charge in [-0.3, -0.25) is 0 Å². The van der Waals surface area contributed by atoms with E-state index in [9.17, 15) is 0 Å². The highest BCUT2D eigenvalue weighted by Crippen LogP contribution is 2.30. The molecular formula is C13H12BrN3O. The van der Waals surface area contributed by atoms with Gasteiger partial charge in [-0.15, -0.1) is 0 Å². The van der Waals surface area contributed by atoms with Gasteiger partial charge in [-0.2, -0.15) is 0 Å². The van der Waals surface area contributed by atoms with Crippen LogP contribution in [0.3, 0.4) is 0 Å². The molecule has 0 spiro atoms. The Balaban J connectivity index is 2.24. The van der Waals surface area contributed by atoms with Crippen LogP contribution in [0.5, 0.6) is 0 Å². The monoisotopic (exact) mass is 305 g/mol. The number of imidazole rings is 1. The molecular weight excluding hydrogens is 294 g/mol. The number of fused-ring (bicyclic) bond motifs is 1. The fourth-order valence-electron chi connectivity index (χ4n) is 2.07. The summed E-state index contributed by atoms with van der Waals surface area (Å²) in [4.78, 5) is 8.70. The van der Waals surface area contributed by atoms with E-state index >= 15 is 0 Å². The number of nitrogens with zero attached hydrogens (tertiary/aromatic N) is 3. The molecule has 0 aliphatic heterocycles. The van der Waals surface area contributed by atoms with E-state index in [1.165, 1.54) is 0 Å². The maximum atomic E-state index is 5.56. The van der Waals surface area contributed by atoms with Crippen LogP contribution < -0.4 is 0 Å². The molecule has 92 valence electrons. The Morgan fingerprint density at radius 1 is 1.22 bits per heavy atom. The minimum atomic E-state index is 0.683. The van der Waals surface area contributed by atoms with Gasteiger partial charge in [-0.05, 0) is 35.0 Å². The van der Waals surface area contributed by atoms with Gasteiger partial charge in [0.15, 0.2) is 11.5 Å².